The third-order valence-electron chi connectivity index (χ3n) is 3.13. The lowest BCUT2D eigenvalue weighted by molar-refractivity contribution is 0.401. The Morgan fingerprint density at radius 3 is 2.41 bits per heavy atom. The fourth-order valence-corrected chi connectivity index (χ4v) is 3.10. The molecule has 1 aromatic heterocycles. The van der Waals surface area contributed by atoms with Gasteiger partial charge in [0.05, 0.1) is 7.11 Å². The monoisotopic (exact) mass is 418 g/mol. The zero-order valence-corrected chi connectivity index (χ0v) is 17.2. The molecule has 0 radical (unpaired) electrons. The number of aromatic nitrogens is 1. The Morgan fingerprint density at radius 1 is 1.23 bits per heavy atom. The van der Waals surface area contributed by atoms with Crippen molar-refractivity contribution >= 4 is 33.8 Å². The maximum absolute atomic E-state index is 5.54. The first-order valence-electron chi connectivity index (χ1n) is 8.21. The Balaban J connectivity index is 0.00000102. The van der Waals surface area contributed by atoms with Crippen LogP contribution in [0.4, 0.5) is 0 Å². The van der Waals surface area contributed by atoms with E-state index in [9.17, 15) is 0 Å². The zero-order chi connectivity index (χ0) is 17.1. The van der Waals surface area contributed by atoms with E-state index >= 15 is 0 Å². The summed E-state index contributed by atoms with van der Waals surface area (Å²) < 4.78 is 7.84. The van der Waals surface area contributed by atoms with Crippen molar-refractivity contribution in [1.82, 2.24) is 8.10 Å². The van der Waals surface area contributed by atoms with Gasteiger partial charge in [0.2, 0.25) is 0 Å². The molecular weight excluding hydrogens is 387 g/mol. The maximum Gasteiger partial charge on any atom is 0.124 e. The van der Waals surface area contributed by atoms with E-state index in [1.54, 1.807) is 7.11 Å². The Morgan fingerprint density at radius 2 is 1.86 bits per heavy atom. The molecule has 22 heavy (non-hydrogen) atoms. The van der Waals surface area contributed by atoms with Crippen molar-refractivity contribution in [3.05, 3.63) is 29.5 Å². The number of hydrogen-bond donors (Lipinski definition) is 1. The van der Waals surface area contributed by atoms with Gasteiger partial charge in [-0.3, -0.25) is 0 Å². The topological polar surface area (TPSA) is 28.3 Å². The lowest BCUT2D eigenvalue weighted by atomic mass is 10.0. The second-order valence-corrected chi connectivity index (χ2v) is 5.85. The third kappa shape index (κ3) is 5.47. The van der Waals surface area contributed by atoms with Crippen LogP contribution in [0.2, 0.25) is 0 Å². The van der Waals surface area contributed by atoms with Gasteiger partial charge in [-0.2, -0.15) is 0 Å². The smallest absolute Gasteiger partial charge is 0.124 e. The zero-order valence-electron chi connectivity index (χ0n) is 15.1. The summed E-state index contributed by atoms with van der Waals surface area (Å²) in [4.78, 5) is 3.31. The van der Waals surface area contributed by atoms with E-state index in [2.05, 4.69) is 56.9 Å². The molecule has 3 nitrogen and oxygen atoms in total. The number of halogens is 1. The highest BCUT2D eigenvalue weighted by atomic mass is 127. The minimum absolute atomic E-state index is 0.909. The van der Waals surface area contributed by atoms with Crippen molar-refractivity contribution in [1.29, 1.82) is 0 Å². The first kappa shape index (κ1) is 21.2. The molecule has 0 aliphatic heterocycles. The van der Waals surface area contributed by atoms with Crippen LogP contribution in [0.25, 0.3) is 10.9 Å². The SMILES string of the molecule is CC.CC.CCCN(I)Cc1c(OC)cc(C)c2[nH]ccc12. The van der Waals surface area contributed by atoms with Crippen LogP contribution in [0.15, 0.2) is 18.3 Å². The third-order valence-corrected chi connectivity index (χ3v) is 3.95. The van der Waals surface area contributed by atoms with Crippen LogP contribution < -0.4 is 4.74 Å². The normalized spacial score (nSPS) is 9.86. The second-order valence-electron chi connectivity index (χ2n) is 4.48. The molecule has 126 valence electrons. The van der Waals surface area contributed by atoms with E-state index in [0.717, 1.165) is 25.3 Å². The van der Waals surface area contributed by atoms with Gasteiger partial charge in [0.1, 0.15) is 5.75 Å². The largest absolute Gasteiger partial charge is 0.496 e. The Kier molecular flexibility index (Phi) is 11.4. The highest BCUT2D eigenvalue weighted by Crippen LogP contribution is 2.32. The van der Waals surface area contributed by atoms with E-state index in [1.165, 1.54) is 22.0 Å². The van der Waals surface area contributed by atoms with Crippen molar-refractivity contribution in [2.45, 2.75) is 54.5 Å². The number of H-pyrrole nitrogens is 1. The van der Waals surface area contributed by atoms with Crippen molar-refractivity contribution in [3.63, 3.8) is 0 Å². The average molecular weight is 418 g/mol. The van der Waals surface area contributed by atoms with Crippen molar-refractivity contribution in [2.24, 2.45) is 0 Å². The van der Waals surface area contributed by atoms with Gasteiger partial charge in [-0.25, -0.2) is 3.11 Å². The number of aryl methyl sites for hydroxylation is 1. The quantitative estimate of drug-likeness (QED) is 0.470. The maximum atomic E-state index is 5.54. The van der Waals surface area contributed by atoms with E-state index < -0.39 is 0 Å². The van der Waals surface area contributed by atoms with E-state index in [1.807, 2.05) is 33.9 Å². The molecule has 2 rings (SSSR count). The van der Waals surface area contributed by atoms with Crippen LogP contribution in [0.5, 0.6) is 5.75 Å². The van der Waals surface area contributed by atoms with Crippen molar-refractivity contribution in [3.8, 4) is 5.75 Å². The minimum atomic E-state index is 0.909. The molecule has 1 N–H and O–H groups in total. The molecule has 0 amide bonds. The summed E-state index contributed by atoms with van der Waals surface area (Å²) in [6.07, 6.45) is 3.16. The molecule has 1 aromatic carbocycles. The van der Waals surface area contributed by atoms with Gasteiger partial charge < -0.3 is 9.72 Å². The predicted molar refractivity (Wildman–Crippen MR) is 107 cm³/mol. The first-order valence-corrected chi connectivity index (χ1v) is 9.18. The van der Waals surface area contributed by atoms with Gasteiger partial charge in [-0.15, -0.1) is 0 Å². The summed E-state index contributed by atoms with van der Waals surface area (Å²) in [5.74, 6) is 0.984. The molecule has 4 heteroatoms. The summed E-state index contributed by atoms with van der Waals surface area (Å²) in [5.41, 5.74) is 3.71. The molecule has 0 spiro atoms. The number of fused-ring (bicyclic) bond motifs is 1. The number of rotatable bonds is 5. The molecule has 0 saturated carbocycles. The van der Waals surface area contributed by atoms with Crippen molar-refractivity contribution < 1.29 is 4.74 Å². The number of aromatic amines is 1. The summed E-state index contributed by atoms with van der Waals surface area (Å²) in [6, 6.07) is 4.25. The standard InChI is InChI=1S/C14H19IN2O.2C2H6/c1-4-7-17(15)9-12-11-5-6-16-14(11)10(2)8-13(12)18-3;2*1-2/h5-6,8,16H,4,7,9H2,1-3H3;2*1-2H3. The van der Waals surface area contributed by atoms with Crippen LogP contribution >= 0.6 is 22.9 Å². The molecule has 0 atom stereocenters. The van der Waals surface area contributed by atoms with Crippen LogP contribution in [0.1, 0.15) is 52.2 Å². The second kappa shape index (κ2) is 11.8. The predicted octanol–water partition coefficient (Wildman–Crippen LogP) is 6.10. The number of nitrogens with one attached hydrogen (secondary N) is 1. The van der Waals surface area contributed by atoms with Crippen LogP contribution in [0, 0.1) is 6.92 Å². The number of benzene rings is 1. The summed E-state index contributed by atoms with van der Waals surface area (Å²) in [7, 11) is 1.74. The molecule has 0 bridgehead atoms. The molecule has 1 heterocycles. The number of nitrogens with zero attached hydrogens (tertiary/aromatic N) is 1. The highest BCUT2D eigenvalue weighted by molar-refractivity contribution is 14.1. The molecule has 0 fully saturated rings. The summed E-state index contributed by atoms with van der Waals surface area (Å²) in [6.45, 7) is 14.3. The number of ether oxygens (including phenoxy) is 1. The van der Waals surface area contributed by atoms with E-state index in [4.69, 9.17) is 4.74 Å². The average Bonchev–Trinajstić information content (AvgIpc) is 3.04. The van der Waals surface area contributed by atoms with Gasteiger partial charge in [0.25, 0.3) is 0 Å². The number of hydrogen-bond acceptors (Lipinski definition) is 2. The molecule has 0 saturated heterocycles. The Labute approximate surface area is 149 Å². The fraction of sp³-hybridized carbons (Fsp3) is 0.556. The van der Waals surface area contributed by atoms with Gasteiger partial charge in [-0.05, 0) is 31.0 Å². The number of methoxy groups -OCH3 is 1. The molecule has 0 aliphatic carbocycles. The van der Waals surface area contributed by atoms with Gasteiger partial charge in [-0.1, -0.05) is 34.6 Å². The lowest BCUT2D eigenvalue weighted by Crippen LogP contribution is -2.12. The Bertz CT molecular complexity index is 537. The van der Waals surface area contributed by atoms with Gasteiger partial charge >= 0.3 is 0 Å². The summed E-state index contributed by atoms with van der Waals surface area (Å²) in [5, 5.41) is 1.27. The Hall–Kier alpha value is -0.750. The van der Waals surface area contributed by atoms with E-state index in [0.29, 0.717) is 0 Å². The van der Waals surface area contributed by atoms with Crippen LogP contribution in [-0.2, 0) is 6.54 Å². The molecule has 2 aromatic rings. The van der Waals surface area contributed by atoms with Crippen LogP contribution in [0.3, 0.4) is 0 Å². The van der Waals surface area contributed by atoms with Crippen molar-refractivity contribution in [2.75, 3.05) is 13.7 Å². The lowest BCUT2D eigenvalue weighted by Gasteiger charge is -2.17. The van der Waals surface area contributed by atoms with Crippen LogP contribution in [-0.4, -0.2) is 21.8 Å². The van der Waals surface area contributed by atoms with Gasteiger partial charge in [0, 0.05) is 58.6 Å². The first-order chi connectivity index (χ1) is 10.7. The fourth-order valence-electron chi connectivity index (χ4n) is 2.27. The van der Waals surface area contributed by atoms with Gasteiger partial charge in [0.15, 0.2) is 0 Å². The molecular formula is C18H31IN2O. The summed E-state index contributed by atoms with van der Waals surface area (Å²) >= 11 is 2.39. The molecule has 0 aliphatic rings. The molecule has 0 unspecified atom stereocenters. The highest BCUT2D eigenvalue weighted by Gasteiger charge is 2.13. The van der Waals surface area contributed by atoms with E-state index in [-0.39, 0.29) is 0 Å². The minimum Gasteiger partial charge on any atom is -0.496 e.